The van der Waals surface area contributed by atoms with Crippen molar-refractivity contribution in [3.63, 3.8) is 0 Å². The zero-order valence-electron chi connectivity index (χ0n) is 10.8. The van der Waals surface area contributed by atoms with E-state index in [0.29, 0.717) is 13.0 Å². The number of fused-ring (bicyclic) bond motifs is 1. The molecule has 19 heavy (non-hydrogen) atoms. The fraction of sp³-hybridized carbons (Fsp3) is 0.286. The van der Waals surface area contributed by atoms with Crippen molar-refractivity contribution in [2.45, 2.75) is 19.4 Å². The largest absolute Gasteiger partial charge is 0.326 e. The van der Waals surface area contributed by atoms with Crippen LogP contribution in [0.25, 0.3) is 11.1 Å². The standard InChI is InChI=1S/C14H16N4O/c1-18-13(7-15)11(8-16-18)9-2-4-12-10(6-9)3-5-14(19)17-12/h2,4,6,8H,3,5,7,15H2,1H3,(H,17,19). The summed E-state index contributed by atoms with van der Waals surface area (Å²) in [5.74, 6) is 0.0873. The van der Waals surface area contributed by atoms with Crippen molar-refractivity contribution in [1.29, 1.82) is 0 Å². The number of rotatable bonds is 2. The van der Waals surface area contributed by atoms with E-state index in [9.17, 15) is 4.79 Å². The molecule has 2 heterocycles. The molecule has 5 nitrogen and oxygen atoms in total. The summed E-state index contributed by atoms with van der Waals surface area (Å²) in [5.41, 5.74) is 11.0. The van der Waals surface area contributed by atoms with Crippen LogP contribution in [-0.2, 0) is 24.8 Å². The minimum atomic E-state index is 0.0873. The van der Waals surface area contributed by atoms with Crippen LogP contribution in [-0.4, -0.2) is 15.7 Å². The van der Waals surface area contributed by atoms with Gasteiger partial charge in [-0.05, 0) is 29.7 Å². The van der Waals surface area contributed by atoms with Crippen molar-refractivity contribution in [2.24, 2.45) is 12.8 Å². The molecule has 0 radical (unpaired) electrons. The molecular formula is C14H16N4O. The summed E-state index contributed by atoms with van der Waals surface area (Å²) in [6.07, 6.45) is 3.17. The molecule has 5 heteroatoms. The summed E-state index contributed by atoms with van der Waals surface area (Å²) in [6.45, 7) is 0.458. The highest BCUT2D eigenvalue weighted by molar-refractivity contribution is 5.94. The molecule has 0 bridgehead atoms. The number of amides is 1. The summed E-state index contributed by atoms with van der Waals surface area (Å²) in [6, 6.07) is 6.07. The van der Waals surface area contributed by atoms with Gasteiger partial charge >= 0.3 is 0 Å². The molecule has 0 saturated carbocycles. The Morgan fingerprint density at radius 2 is 2.26 bits per heavy atom. The van der Waals surface area contributed by atoms with Crippen LogP contribution >= 0.6 is 0 Å². The third-order valence-electron chi connectivity index (χ3n) is 3.57. The van der Waals surface area contributed by atoms with Crippen LogP contribution in [0.4, 0.5) is 5.69 Å². The van der Waals surface area contributed by atoms with Gasteiger partial charge in [-0.15, -0.1) is 0 Å². The van der Waals surface area contributed by atoms with Gasteiger partial charge in [-0.2, -0.15) is 5.10 Å². The van der Waals surface area contributed by atoms with Crippen LogP contribution in [0.2, 0.25) is 0 Å². The van der Waals surface area contributed by atoms with Gasteiger partial charge in [0.25, 0.3) is 0 Å². The predicted octanol–water partition coefficient (Wildman–Crippen LogP) is 1.43. The molecule has 1 aromatic carbocycles. The lowest BCUT2D eigenvalue weighted by molar-refractivity contribution is -0.116. The average Bonchev–Trinajstić information content (AvgIpc) is 2.79. The molecule has 0 aliphatic carbocycles. The van der Waals surface area contributed by atoms with E-state index < -0.39 is 0 Å². The van der Waals surface area contributed by atoms with E-state index in [-0.39, 0.29) is 5.91 Å². The second kappa shape index (κ2) is 4.51. The van der Waals surface area contributed by atoms with Gasteiger partial charge in [0.1, 0.15) is 0 Å². The molecule has 1 amide bonds. The fourth-order valence-electron chi connectivity index (χ4n) is 2.50. The third kappa shape index (κ3) is 2.02. The van der Waals surface area contributed by atoms with Gasteiger partial charge in [-0.1, -0.05) is 6.07 Å². The van der Waals surface area contributed by atoms with Crippen LogP contribution in [0.3, 0.4) is 0 Å². The third-order valence-corrected chi connectivity index (χ3v) is 3.57. The summed E-state index contributed by atoms with van der Waals surface area (Å²) in [7, 11) is 1.89. The maximum Gasteiger partial charge on any atom is 0.224 e. The van der Waals surface area contributed by atoms with E-state index in [1.165, 1.54) is 5.56 Å². The minimum Gasteiger partial charge on any atom is -0.326 e. The average molecular weight is 256 g/mol. The lowest BCUT2D eigenvalue weighted by Crippen LogP contribution is -2.18. The van der Waals surface area contributed by atoms with E-state index in [0.717, 1.165) is 28.9 Å². The molecular weight excluding hydrogens is 240 g/mol. The van der Waals surface area contributed by atoms with Crippen LogP contribution in [0.1, 0.15) is 17.7 Å². The lowest BCUT2D eigenvalue weighted by atomic mass is 9.97. The quantitative estimate of drug-likeness (QED) is 0.853. The second-order valence-corrected chi connectivity index (χ2v) is 4.75. The Balaban J connectivity index is 2.04. The summed E-state index contributed by atoms with van der Waals surface area (Å²) in [5, 5.41) is 7.14. The van der Waals surface area contributed by atoms with Crippen molar-refractivity contribution in [3.05, 3.63) is 35.7 Å². The fourth-order valence-corrected chi connectivity index (χ4v) is 2.50. The summed E-state index contributed by atoms with van der Waals surface area (Å²) < 4.78 is 1.80. The van der Waals surface area contributed by atoms with Gasteiger partial charge in [0.2, 0.25) is 5.91 Å². The Kier molecular flexibility index (Phi) is 2.83. The SMILES string of the molecule is Cn1ncc(-c2ccc3c(c2)CCC(=O)N3)c1CN. The second-order valence-electron chi connectivity index (χ2n) is 4.75. The maximum absolute atomic E-state index is 11.3. The first kappa shape index (κ1) is 11.9. The molecule has 1 aromatic heterocycles. The van der Waals surface area contributed by atoms with Gasteiger partial charge < -0.3 is 11.1 Å². The Morgan fingerprint density at radius 1 is 1.42 bits per heavy atom. The topological polar surface area (TPSA) is 72.9 Å². The molecule has 3 rings (SSSR count). The van der Waals surface area contributed by atoms with Gasteiger partial charge in [0.15, 0.2) is 0 Å². The van der Waals surface area contributed by atoms with Crippen LogP contribution < -0.4 is 11.1 Å². The van der Waals surface area contributed by atoms with E-state index >= 15 is 0 Å². The Hall–Kier alpha value is -2.14. The highest BCUT2D eigenvalue weighted by Gasteiger charge is 2.16. The Labute approximate surface area is 111 Å². The molecule has 0 spiro atoms. The molecule has 3 N–H and O–H groups in total. The number of carbonyl (C=O) groups excluding carboxylic acids is 1. The van der Waals surface area contributed by atoms with Crippen molar-refractivity contribution in [2.75, 3.05) is 5.32 Å². The highest BCUT2D eigenvalue weighted by Crippen LogP contribution is 2.30. The normalized spacial score (nSPS) is 14.1. The minimum absolute atomic E-state index is 0.0873. The maximum atomic E-state index is 11.3. The van der Waals surface area contributed by atoms with Crippen LogP contribution in [0.5, 0.6) is 0 Å². The molecule has 0 unspecified atom stereocenters. The number of nitrogens with one attached hydrogen (secondary N) is 1. The zero-order chi connectivity index (χ0) is 13.4. The monoisotopic (exact) mass is 256 g/mol. The number of anilines is 1. The van der Waals surface area contributed by atoms with E-state index in [2.05, 4.69) is 16.5 Å². The smallest absolute Gasteiger partial charge is 0.224 e. The van der Waals surface area contributed by atoms with Crippen LogP contribution in [0, 0.1) is 0 Å². The first-order valence-corrected chi connectivity index (χ1v) is 6.33. The van der Waals surface area contributed by atoms with Crippen molar-refractivity contribution < 1.29 is 4.79 Å². The number of aryl methyl sites for hydroxylation is 2. The molecule has 0 fully saturated rings. The van der Waals surface area contributed by atoms with Crippen LogP contribution in [0.15, 0.2) is 24.4 Å². The van der Waals surface area contributed by atoms with Crippen molar-refractivity contribution >= 4 is 11.6 Å². The van der Waals surface area contributed by atoms with Gasteiger partial charge in [0.05, 0.1) is 11.9 Å². The molecule has 2 aromatic rings. The van der Waals surface area contributed by atoms with E-state index in [1.807, 2.05) is 25.4 Å². The summed E-state index contributed by atoms with van der Waals surface area (Å²) in [4.78, 5) is 11.3. The molecule has 98 valence electrons. The molecule has 0 atom stereocenters. The number of nitrogens with two attached hydrogens (primary N) is 1. The number of carbonyl (C=O) groups is 1. The van der Waals surface area contributed by atoms with Gasteiger partial charge in [-0.3, -0.25) is 9.48 Å². The van der Waals surface area contributed by atoms with Gasteiger partial charge in [0, 0.05) is 31.3 Å². The van der Waals surface area contributed by atoms with Crippen molar-refractivity contribution in [1.82, 2.24) is 9.78 Å². The molecule has 0 saturated heterocycles. The first-order valence-electron chi connectivity index (χ1n) is 6.33. The Morgan fingerprint density at radius 3 is 3.05 bits per heavy atom. The zero-order valence-corrected chi connectivity index (χ0v) is 10.8. The Bertz CT molecular complexity index is 645. The molecule has 1 aliphatic rings. The van der Waals surface area contributed by atoms with E-state index in [4.69, 9.17) is 5.73 Å². The lowest BCUT2D eigenvalue weighted by Gasteiger charge is -2.17. The molecule has 1 aliphatic heterocycles. The number of nitrogens with zero attached hydrogens (tertiary/aromatic N) is 2. The highest BCUT2D eigenvalue weighted by atomic mass is 16.1. The number of hydrogen-bond donors (Lipinski definition) is 2. The number of aromatic nitrogens is 2. The number of benzene rings is 1. The van der Waals surface area contributed by atoms with Crippen molar-refractivity contribution in [3.8, 4) is 11.1 Å². The first-order chi connectivity index (χ1) is 9.19. The van der Waals surface area contributed by atoms with Gasteiger partial charge in [-0.25, -0.2) is 0 Å². The summed E-state index contributed by atoms with van der Waals surface area (Å²) >= 11 is 0. The number of hydrogen-bond acceptors (Lipinski definition) is 3. The predicted molar refractivity (Wildman–Crippen MR) is 73.5 cm³/mol. The van der Waals surface area contributed by atoms with E-state index in [1.54, 1.807) is 4.68 Å².